The molecule has 0 spiro atoms. The first-order valence-corrected chi connectivity index (χ1v) is 2.91. The SMILES string of the molecule is Cc1cn(C)c(F)c1C. The van der Waals surface area contributed by atoms with Gasteiger partial charge in [0.1, 0.15) is 0 Å². The first-order chi connectivity index (χ1) is 4.13. The zero-order valence-corrected chi connectivity index (χ0v) is 5.90. The summed E-state index contributed by atoms with van der Waals surface area (Å²) >= 11 is 0. The Kier molecular flexibility index (Phi) is 1.31. The van der Waals surface area contributed by atoms with Crippen molar-refractivity contribution in [2.45, 2.75) is 13.8 Å². The van der Waals surface area contributed by atoms with E-state index in [2.05, 4.69) is 0 Å². The van der Waals surface area contributed by atoms with E-state index in [4.69, 9.17) is 0 Å². The third-order valence-electron chi connectivity index (χ3n) is 1.60. The fourth-order valence-corrected chi connectivity index (χ4v) is 0.871. The van der Waals surface area contributed by atoms with Crippen LogP contribution in [-0.2, 0) is 7.05 Å². The highest BCUT2D eigenvalue weighted by molar-refractivity contribution is 5.21. The molecular weight excluding hydrogens is 117 g/mol. The van der Waals surface area contributed by atoms with Crippen LogP contribution in [0, 0.1) is 19.8 Å². The maximum absolute atomic E-state index is 12.7. The summed E-state index contributed by atoms with van der Waals surface area (Å²) in [6.07, 6.45) is 1.78. The molecule has 0 aromatic carbocycles. The van der Waals surface area contributed by atoms with Gasteiger partial charge in [0, 0.05) is 18.8 Å². The Hall–Kier alpha value is -0.790. The number of nitrogens with zero attached hydrogens (tertiary/aromatic N) is 1. The average molecular weight is 127 g/mol. The van der Waals surface area contributed by atoms with E-state index < -0.39 is 0 Å². The minimum atomic E-state index is -0.132. The van der Waals surface area contributed by atoms with E-state index in [-0.39, 0.29) is 5.95 Å². The number of halogens is 1. The van der Waals surface area contributed by atoms with Crippen LogP contribution in [0.15, 0.2) is 6.20 Å². The van der Waals surface area contributed by atoms with Crippen molar-refractivity contribution in [1.82, 2.24) is 4.57 Å². The third kappa shape index (κ3) is 0.846. The van der Waals surface area contributed by atoms with Crippen LogP contribution in [0.4, 0.5) is 4.39 Å². The van der Waals surface area contributed by atoms with Crippen LogP contribution >= 0.6 is 0 Å². The zero-order valence-electron chi connectivity index (χ0n) is 5.90. The predicted molar refractivity (Wildman–Crippen MR) is 34.8 cm³/mol. The van der Waals surface area contributed by atoms with Crippen LogP contribution in [0.1, 0.15) is 11.1 Å². The monoisotopic (exact) mass is 127 g/mol. The molecule has 0 fully saturated rings. The molecule has 1 heterocycles. The lowest BCUT2D eigenvalue weighted by atomic mass is 10.2. The summed E-state index contributed by atoms with van der Waals surface area (Å²) in [6.45, 7) is 3.68. The van der Waals surface area contributed by atoms with E-state index in [1.165, 1.54) is 4.57 Å². The standard InChI is InChI=1S/C7H10FN/c1-5-4-9(3)7(8)6(5)2/h4H,1-3H3. The molecule has 0 aliphatic heterocycles. The van der Waals surface area contributed by atoms with Gasteiger partial charge in [0.15, 0.2) is 5.95 Å². The van der Waals surface area contributed by atoms with E-state index in [0.29, 0.717) is 0 Å². The van der Waals surface area contributed by atoms with Crippen LogP contribution in [-0.4, -0.2) is 4.57 Å². The van der Waals surface area contributed by atoms with Gasteiger partial charge in [0.2, 0.25) is 0 Å². The summed E-state index contributed by atoms with van der Waals surface area (Å²) < 4.78 is 14.2. The number of aryl methyl sites for hydroxylation is 2. The first-order valence-electron chi connectivity index (χ1n) is 2.91. The van der Waals surface area contributed by atoms with Crippen molar-refractivity contribution in [3.63, 3.8) is 0 Å². The van der Waals surface area contributed by atoms with Gasteiger partial charge in [-0.25, -0.2) is 0 Å². The topological polar surface area (TPSA) is 4.93 Å². The second-order valence-corrected chi connectivity index (χ2v) is 2.34. The van der Waals surface area contributed by atoms with E-state index in [1.54, 1.807) is 20.2 Å². The number of rotatable bonds is 0. The molecule has 0 saturated carbocycles. The van der Waals surface area contributed by atoms with Gasteiger partial charge in [0.05, 0.1) is 0 Å². The highest BCUT2D eigenvalue weighted by atomic mass is 19.1. The van der Waals surface area contributed by atoms with Crippen LogP contribution in [0.25, 0.3) is 0 Å². The second-order valence-electron chi connectivity index (χ2n) is 2.34. The number of hydrogen-bond acceptors (Lipinski definition) is 0. The Labute approximate surface area is 54.1 Å². The number of aromatic nitrogens is 1. The lowest BCUT2D eigenvalue weighted by Crippen LogP contribution is -1.88. The third-order valence-corrected chi connectivity index (χ3v) is 1.60. The minimum absolute atomic E-state index is 0.132. The fraction of sp³-hybridized carbons (Fsp3) is 0.429. The maximum Gasteiger partial charge on any atom is 0.196 e. The van der Waals surface area contributed by atoms with Crippen LogP contribution < -0.4 is 0 Å². The lowest BCUT2D eigenvalue weighted by Gasteiger charge is -1.88. The molecule has 0 unspecified atom stereocenters. The zero-order chi connectivity index (χ0) is 7.02. The molecule has 9 heavy (non-hydrogen) atoms. The van der Waals surface area contributed by atoms with Gasteiger partial charge in [-0.3, -0.25) is 0 Å². The largest absolute Gasteiger partial charge is 0.327 e. The van der Waals surface area contributed by atoms with Crippen molar-refractivity contribution in [2.24, 2.45) is 7.05 Å². The van der Waals surface area contributed by atoms with Gasteiger partial charge >= 0.3 is 0 Å². The van der Waals surface area contributed by atoms with E-state index in [1.807, 2.05) is 6.92 Å². The van der Waals surface area contributed by atoms with Crippen LogP contribution in [0.5, 0.6) is 0 Å². The van der Waals surface area contributed by atoms with Gasteiger partial charge in [-0.1, -0.05) is 0 Å². The summed E-state index contributed by atoms with van der Waals surface area (Å²) in [7, 11) is 1.70. The Bertz CT molecular complexity index is 203. The van der Waals surface area contributed by atoms with Crippen molar-refractivity contribution in [1.29, 1.82) is 0 Å². The molecule has 0 atom stereocenters. The summed E-state index contributed by atoms with van der Waals surface area (Å²) in [4.78, 5) is 0. The Balaban J connectivity index is 3.29. The molecule has 2 heteroatoms. The molecule has 0 bridgehead atoms. The molecule has 0 aliphatic carbocycles. The van der Waals surface area contributed by atoms with Crippen molar-refractivity contribution in [3.05, 3.63) is 23.3 Å². The molecule has 0 N–H and O–H groups in total. The van der Waals surface area contributed by atoms with Crippen molar-refractivity contribution < 1.29 is 4.39 Å². The predicted octanol–water partition coefficient (Wildman–Crippen LogP) is 1.78. The second kappa shape index (κ2) is 1.87. The fourth-order valence-electron chi connectivity index (χ4n) is 0.871. The van der Waals surface area contributed by atoms with E-state index in [0.717, 1.165) is 11.1 Å². The van der Waals surface area contributed by atoms with E-state index in [9.17, 15) is 4.39 Å². The highest BCUT2D eigenvalue weighted by Crippen LogP contribution is 2.11. The normalized spacial score (nSPS) is 10.2. The van der Waals surface area contributed by atoms with Gasteiger partial charge in [-0.05, 0) is 19.4 Å². The van der Waals surface area contributed by atoms with Gasteiger partial charge < -0.3 is 4.57 Å². The smallest absolute Gasteiger partial charge is 0.196 e. The van der Waals surface area contributed by atoms with Crippen LogP contribution in [0.2, 0.25) is 0 Å². The Morgan fingerprint density at radius 2 is 2.00 bits per heavy atom. The minimum Gasteiger partial charge on any atom is -0.327 e. The molecule has 0 aliphatic rings. The Morgan fingerprint density at radius 1 is 1.44 bits per heavy atom. The molecule has 50 valence electrons. The molecular formula is C7H10FN. The van der Waals surface area contributed by atoms with Gasteiger partial charge in [-0.2, -0.15) is 4.39 Å². The first kappa shape index (κ1) is 6.33. The maximum atomic E-state index is 12.7. The Morgan fingerprint density at radius 3 is 2.11 bits per heavy atom. The summed E-state index contributed by atoms with van der Waals surface area (Å²) in [5.74, 6) is -0.132. The summed E-state index contributed by atoms with van der Waals surface area (Å²) in [5, 5.41) is 0. The summed E-state index contributed by atoms with van der Waals surface area (Å²) in [6, 6.07) is 0. The molecule has 1 aromatic heterocycles. The lowest BCUT2D eigenvalue weighted by molar-refractivity contribution is 0.528. The van der Waals surface area contributed by atoms with Crippen molar-refractivity contribution >= 4 is 0 Å². The average Bonchev–Trinajstić information content (AvgIpc) is 1.98. The molecule has 0 saturated heterocycles. The molecule has 1 rings (SSSR count). The van der Waals surface area contributed by atoms with E-state index >= 15 is 0 Å². The molecule has 1 aromatic rings. The van der Waals surface area contributed by atoms with Gasteiger partial charge in [0.25, 0.3) is 0 Å². The highest BCUT2D eigenvalue weighted by Gasteiger charge is 2.03. The van der Waals surface area contributed by atoms with Gasteiger partial charge in [-0.15, -0.1) is 0 Å². The van der Waals surface area contributed by atoms with Crippen LogP contribution in [0.3, 0.4) is 0 Å². The molecule has 0 amide bonds. The molecule has 0 radical (unpaired) electrons. The summed E-state index contributed by atoms with van der Waals surface area (Å²) in [5.41, 5.74) is 1.76. The quantitative estimate of drug-likeness (QED) is 0.500. The molecule has 1 nitrogen and oxygen atoms in total. The van der Waals surface area contributed by atoms with Crippen molar-refractivity contribution in [3.8, 4) is 0 Å². The van der Waals surface area contributed by atoms with Crippen molar-refractivity contribution in [2.75, 3.05) is 0 Å². The number of hydrogen-bond donors (Lipinski definition) is 0.